The summed E-state index contributed by atoms with van der Waals surface area (Å²) in [4.78, 5) is 11.2. The Balaban J connectivity index is 1.88. The molecule has 17 heavy (non-hydrogen) atoms. The number of allylic oxidation sites excluding steroid dienone is 1. The van der Waals surface area contributed by atoms with Crippen molar-refractivity contribution >= 4 is 6.16 Å². The van der Waals surface area contributed by atoms with Crippen LogP contribution in [-0.4, -0.2) is 36.4 Å². The Morgan fingerprint density at radius 2 is 2.06 bits per heavy atom. The molecule has 2 heterocycles. The third kappa shape index (κ3) is 1.93. The zero-order valence-corrected chi connectivity index (χ0v) is 9.92. The van der Waals surface area contributed by atoms with E-state index in [1.807, 2.05) is 26.0 Å². The first-order valence-electron chi connectivity index (χ1n) is 5.95. The van der Waals surface area contributed by atoms with Crippen LogP contribution in [-0.2, 0) is 18.9 Å². The molecule has 0 unspecified atom stereocenters. The highest BCUT2D eigenvalue weighted by Crippen LogP contribution is 2.37. The molecule has 0 spiro atoms. The molecular weight excluding hydrogens is 224 g/mol. The Morgan fingerprint density at radius 1 is 1.24 bits per heavy atom. The molecule has 0 saturated carbocycles. The summed E-state index contributed by atoms with van der Waals surface area (Å²) < 4.78 is 22.0. The number of hydrogen-bond donors (Lipinski definition) is 0. The molecule has 2 fully saturated rings. The number of rotatable bonds is 0. The van der Waals surface area contributed by atoms with Crippen LogP contribution in [0.5, 0.6) is 0 Å². The van der Waals surface area contributed by atoms with E-state index in [4.69, 9.17) is 18.9 Å². The molecule has 0 bridgehead atoms. The van der Waals surface area contributed by atoms with Gasteiger partial charge in [0.1, 0.15) is 18.3 Å². The molecule has 0 radical (unpaired) electrons. The second-order valence-electron chi connectivity index (χ2n) is 5.06. The molecule has 3 aliphatic rings. The molecule has 0 aromatic carbocycles. The number of hydrogen-bond acceptors (Lipinski definition) is 5. The molecule has 1 aliphatic carbocycles. The zero-order chi connectivity index (χ0) is 12.0. The first kappa shape index (κ1) is 11.0. The fraction of sp³-hybridized carbons (Fsp3) is 0.750. The van der Waals surface area contributed by atoms with Gasteiger partial charge in [-0.05, 0) is 26.7 Å². The lowest BCUT2D eigenvalue weighted by Crippen LogP contribution is -2.41. The Morgan fingerprint density at radius 3 is 2.88 bits per heavy atom. The average Bonchev–Trinajstić information content (AvgIpc) is 2.71. The lowest BCUT2D eigenvalue weighted by Gasteiger charge is -2.24. The Labute approximate surface area is 99.7 Å². The summed E-state index contributed by atoms with van der Waals surface area (Å²) in [7, 11) is 0. The summed E-state index contributed by atoms with van der Waals surface area (Å²) in [5.74, 6) is -0.649. The van der Waals surface area contributed by atoms with Crippen molar-refractivity contribution in [2.45, 2.75) is 56.9 Å². The van der Waals surface area contributed by atoms with Crippen LogP contribution in [0.25, 0.3) is 0 Å². The highest BCUT2D eigenvalue weighted by molar-refractivity contribution is 5.62. The van der Waals surface area contributed by atoms with Gasteiger partial charge in [-0.3, -0.25) is 0 Å². The molecule has 0 aromatic rings. The van der Waals surface area contributed by atoms with Crippen LogP contribution < -0.4 is 0 Å². The molecule has 5 nitrogen and oxygen atoms in total. The van der Waals surface area contributed by atoms with E-state index in [1.54, 1.807) is 0 Å². The van der Waals surface area contributed by atoms with Gasteiger partial charge in [-0.15, -0.1) is 0 Å². The summed E-state index contributed by atoms with van der Waals surface area (Å²) in [5.41, 5.74) is 0. The van der Waals surface area contributed by atoms with Gasteiger partial charge in [-0.2, -0.15) is 0 Å². The van der Waals surface area contributed by atoms with Crippen LogP contribution >= 0.6 is 0 Å². The number of carbonyl (C=O) groups excluding carboxylic acids is 1. The predicted molar refractivity (Wildman–Crippen MR) is 57.3 cm³/mol. The predicted octanol–water partition coefficient (Wildman–Crippen LogP) is 1.76. The maximum Gasteiger partial charge on any atom is 0.509 e. The van der Waals surface area contributed by atoms with E-state index in [9.17, 15) is 4.79 Å². The maximum atomic E-state index is 11.2. The first-order chi connectivity index (χ1) is 8.05. The normalized spacial score (nSPS) is 44.9. The molecule has 2 saturated heterocycles. The molecular formula is C12H16O5. The molecule has 0 aromatic heterocycles. The third-order valence-corrected chi connectivity index (χ3v) is 3.28. The Hall–Kier alpha value is -1.07. The van der Waals surface area contributed by atoms with Crippen molar-refractivity contribution in [2.75, 3.05) is 0 Å². The van der Waals surface area contributed by atoms with E-state index in [-0.39, 0.29) is 24.4 Å². The lowest BCUT2D eigenvalue weighted by atomic mass is 9.96. The fourth-order valence-electron chi connectivity index (χ4n) is 2.62. The summed E-state index contributed by atoms with van der Waals surface area (Å²) in [6, 6.07) is 0. The van der Waals surface area contributed by atoms with E-state index in [1.165, 1.54) is 0 Å². The van der Waals surface area contributed by atoms with Gasteiger partial charge >= 0.3 is 6.16 Å². The monoisotopic (exact) mass is 240 g/mol. The number of fused-ring (bicyclic) bond motifs is 3. The molecule has 0 amide bonds. The second kappa shape index (κ2) is 3.71. The zero-order valence-electron chi connectivity index (χ0n) is 9.92. The standard InChI is InChI=1S/C12H16O5/c1-12(2)16-8-6-4-3-5-7-9(10(8)17-12)15-11(13)14-7/h4,6-10H,3,5H2,1-2H3/b6-4-/t7-,8-,9-,10-/m0/s1. The lowest BCUT2D eigenvalue weighted by molar-refractivity contribution is -0.153. The van der Waals surface area contributed by atoms with Crippen LogP contribution in [0, 0.1) is 0 Å². The summed E-state index contributed by atoms with van der Waals surface area (Å²) in [5, 5.41) is 0. The highest BCUT2D eigenvalue weighted by Gasteiger charge is 2.52. The topological polar surface area (TPSA) is 54.0 Å². The van der Waals surface area contributed by atoms with Gasteiger partial charge in [-0.25, -0.2) is 4.79 Å². The van der Waals surface area contributed by atoms with Gasteiger partial charge in [0.15, 0.2) is 11.9 Å². The van der Waals surface area contributed by atoms with Crippen LogP contribution in [0.2, 0.25) is 0 Å². The number of ether oxygens (including phenoxy) is 4. The summed E-state index contributed by atoms with van der Waals surface area (Å²) in [6.45, 7) is 3.72. The van der Waals surface area contributed by atoms with Crippen molar-refractivity contribution < 1.29 is 23.7 Å². The van der Waals surface area contributed by atoms with Gasteiger partial charge in [-0.1, -0.05) is 12.2 Å². The van der Waals surface area contributed by atoms with E-state index >= 15 is 0 Å². The van der Waals surface area contributed by atoms with Crippen LogP contribution in [0.4, 0.5) is 4.79 Å². The summed E-state index contributed by atoms with van der Waals surface area (Å²) >= 11 is 0. The van der Waals surface area contributed by atoms with Gasteiger partial charge < -0.3 is 18.9 Å². The van der Waals surface area contributed by atoms with Gasteiger partial charge in [0, 0.05) is 0 Å². The van der Waals surface area contributed by atoms with Crippen molar-refractivity contribution in [3.8, 4) is 0 Å². The van der Waals surface area contributed by atoms with Crippen LogP contribution in [0.3, 0.4) is 0 Å². The van der Waals surface area contributed by atoms with Gasteiger partial charge in [0.25, 0.3) is 0 Å². The van der Waals surface area contributed by atoms with Crippen LogP contribution in [0.15, 0.2) is 12.2 Å². The van der Waals surface area contributed by atoms with Gasteiger partial charge in [0.2, 0.25) is 0 Å². The minimum atomic E-state index is -0.649. The fourth-order valence-corrected chi connectivity index (χ4v) is 2.62. The second-order valence-corrected chi connectivity index (χ2v) is 5.06. The minimum Gasteiger partial charge on any atom is -0.427 e. The SMILES string of the molecule is CC1(C)O[C@@H]2[C@H]3OC(=O)O[C@H]3CC/C=C\[C@@H]2O1. The van der Waals surface area contributed by atoms with Gasteiger partial charge in [0.05, 0.1) is 0 Å². The third-order valence-electron chi connectivity index (χ3n) is 3.28. The van der Waals surface area contributed by atoms with E-state index in [2.05, 4.69) is 0 Å². The van der Waals surface area contributed by atoms with Crippen molar-refractivity contribution in [3.63, 3.8) is 0 Å². The van der Waals surface area contributed by atoms with E-state index in [0.717, 1.165) is 12.8 Å². The molecule has 3 rings (SSSR count). The molecule has 2 aliphatic heterocycles. The molecule has 0 N–H and O–H groups in total. The Bertz CT molecular complexity index is 362. The summed E-state index contributed by atoms with van der Waals surface area (Å²) in [6.07, 6.45) is 4.01. The van der Waals surface area contributed by atoms with Crippen molar-refractivity contribution in [1.29, 1.82) is 0 Å². The van der Waals surface area contributed by atoms with E-state index in [0.29, 0.717) is 0 Å². The van der Waals surface area contributed by atoms with Crippen molar-refractivity contribution in [2.24, 2.45) is 0 Å². The number of carbonyl (C=O) groups is 1. The largest absolute Gasteiger partial charge is 0.509 e. The Kier molecular flexibility index (Phi) is 2.41. The van der Waals surface area contributed by atoms with Crippen LogP contribution in [0.1, 0.15) is 26.7 Å². The molecule has 5 heteroatoms. The van der Waals surface area contributed by atoms with Crippen molar-refractivity contribution in [3.05, 3.63) is 12.2 Å². The van der Waals surface area contributed by atoms with E-state index < -0.39 is 11.9 Å². The smallest absolute Gasteiger partial charge is 0.427 e. The molecule has 94 valence electrons. The highest BCUT2D eigenvalue weighted by atomic mass is 16.8. The maximum absolute atomic E-state index is 11.2. The average molecular weight is 240 g/mol. The minimum absolute atomic E-state index is 0.174. The first-order valence-corrected chi connectivity index (χ1v) is 5.95. The quantitative estimate of drug-likeness (QED) is 0.477. The molecule has 4 atom stereocenters. The van der Waals surface area contributed by atoms with Crippen molar-refractivity contribution in [1.82, 2.24) is 0 Å².